The highest BCUT2D eigenvalue weighted by atomic mass is 16.5. The fourth-order valence-electron chi connectivity index (χ4n) is 5.64. The van der Waals surface area contributed by atoms with Gasteiger partial charge in [-0.25, -0.2) is 0 Å². The molecule has 0 spiro atoms. The van der Waals surface area contributed by atoms with Gasteiger partial charge in [0.1, 0.15) is 11.9 Å². The molecule has 0 amide bonds. The molecule has 0 saturated carbocycles. The Morgan fingerprint density at radius 2 is 1.70 bits per heavy atom. The van der Waals surface area contributed by atoms with Crippen molar-refractivity contribution in [3.63, 3.8) is 0 Å². The fraction of sp³-hybridized carbons (Fsp3) is 0.517. The summed E-state index contributed by atoms with van der Waals surface area (Å²) in [5, 5.41) is 28.1. The number of piperazine rings is 1. The lowest BCUT2D eigenvalue weighted by Gasteiger charge is -2.41. The van der Waals surface area contributed by atoms with Crippen molar-refractivity contribution in [1.29, 1.82) is 10.5 Å². The van der Waals surface area contributed by atoms with E-state index in [1.54, 1.807) is 14.2 Å². The zero-order valence-corrected chi connectivity index (χ0v) is 21.7. The van der Waals surface area contributed by atoms with Crippen molar-refractivity contribution >= 4 is 0 Å². The predicted molar refractivity (Wildman–Crippen MR) is 139 cm³/mol. The highest BCUT2D eigenvalue weighted by Crippen LogP contribution is 2.35. The normalized spacial score (nSPS) is 21.0. The second kappa shape index (κ2) is 12.8. The van der Waals surface area contributed by atoms with E-state index >= 15 is 0 Å². The van der Waals surface area contributed by atoms with E-state index < -0.39 is 6.10 Å². The Bertz CT molecular complexity index is 1100. The number of aliphatic hydroxyl groups excluding tert-OH is 1. The molecule has 2 aliphatic heterocycles. The zero-order valence-electron chi connectivity index (χ0n) is 21.7. The predicted octanol–water partition coefficient (Wildman–Crippen LogP) is 3.90. The number of likely N-dealkylation sites (tertiary alicyclic amines) is 1. The van der Waals surface area contributed by atoms with E-state index in [0.717, 1.165) is 38.0 Å². The van der Waals surface area contributed by atoms with Crippen molar-refractivity contribution in [3.05, 3.63) is 53.6 Å². The van der Waals surface area contributed by atoms with Gasteiger partial charge >= 0.3 is 0 Å². The first-order chi connectivity index (χ1) is 18.0. The van der Waals surface area contributed by atoms with Crippen LogP contribution in [0.2, 0.25) is 0 Å². The van der Waals surface area contributed by atoms with Gasteiger partial charge in [0.15, 0.2) is 11.5 Å². The van der Waals surface area contributed by atoms with Crippen LogP contribution in [0.15, 0.2) is 42.5 Å². The van der Waals surface area contributed by atoms with E-state index in [2.05, 4.69) is 21.9 Å². The van der Waals surface area contributed by atoms with Gasteiger partial charge in [-0.3, -0.25) is 9.80 Å². The molecule has 2 heterocycles. The second-order valence-corrected chi connectivity index (χ2v) is 9.86. The smallest absolute Gasteiger partial charge is 0.164 e. The number of rotatable bonds is 12. The van der Waals surface area contributed by atoms with E-state index in [1.165, 1.54) is 12.8 Å². The molecule has 8 nitrogen and oxygen atoms in total. The Balaban J connectivity index is 1.40. The molecule has 0 radical (unpaired) electrons. The molecule has 2 fully saturated rings. The molecule has 2 bridgehead atoms. The van der Waals surface area contributed by atoms with Crippen molar-refractivity contribution < 1.29 is 19.3 Å². The van der Waals surface area contributed by atoms with E-state index in [4.69, 9.17) is 19.5 Å². The highest BCUT2D eigenvalue weighted by molar-refractivity contribution is 5.45. The van der Waals surface area contributed by atoms with Crippen molar-refractivity contribution in [3.8, 4) is 29.4 Å². The molecule has 4 rings (SSSR count). The number of hydrogen-bond donors (Lipinski definition) is 1. The lowest BCUT2D eigenvalue weighted by Crippen LogP contribution is -2.55. The second-order valence-electron chi connectivity index (χ2n) is 9.86. The topological polar surface area (TPSA) is 102 Å². The summed E-state index contributed by atoms with van der Waals surface area (Å²) in [7, 11) is 3.22. The van der Waals surface area contributed by atoms with E-state index in [1.807, 2.05) is 42.5 Å². The quantitative estimate of drug-likeness (QED) is 0.464. The summed E-state index contributed by atoms with van der Waals surface area (Å²) >= 11 is 0. The van der Waals surface area contributed by atoms with Gasteiger partial charge in [0, 0.05) is 37.8 Å². The fourth-order valence-corrected chi connectivity index (χ4v) is 5.64. The van der Waals surface area contributed by atoms with Crippen LogP contribution in [0, 0.1) is 22.7 Å². The molecule has 2 aromatic carbocycles. The first kappa shape index (κ1) is 26.8. The molecule has 2 saturated heterocycles. The van der Waals surface area contributed by atoms with Gasteiger partial charge in [-0.05, 0) is 62.1 Å². The molecule has 0 aromatic heterocycles. The number of nitrogens with zero attached hydrogens (tertiary/aromatic N) is 4. The number of benzene rings is 2. The maximum atomic E-state index is 10.1. The third-order valence-corrected chi connectivity index (χ3v) is 7.43. The average Bonchev–Trinajstić information content (AvgIpc) is 3.15. The molecule has 37 heavy (non-hydrogen) atoms. The summed E-state index contributed by atoms with van der Waals surface area (Å²) in [4.78, 5) is 4.94. The summed E-state index contributed by atoms with van der Waals surface area (Å²) < 4.78 is 17.3. The monoisotopic (exact) mass is 504 g/mol. The molecule has 0 aliphatic carbocycles. The first-order valence-electron chi connectivity index (χ1n) is 13.0. The molecule has 8 heteroatoms. The standard InChI is InChI=1S/C29H36N4O4/c1-35-28-12-11-26(16-29(28)36-2)37-27(22-7-5-21(17-31)6-8-22)4-3-15-33-23-9-10-24(33)19-32(18-23)20-25(34)13-14-30/h5-8,11-12,16,23-25,27,34H,3-4,9-10,13,15,18-20H2,1-2H3/t23?,24?,25-,27?/m1/s1. The van der Waals surface area contributed by atoms with Gasteiger partial charge in [0.05, 0.1) is 44.4 Å². The molecule has 2 aliphatic rings. The number of ether oxygens (including phenoxy) is 3. The SMILES string of the molecule is COc1ccc(OC(CCCN2C3CCC2CN(C[C@H](O)CC#N)C3)c2ccc(C#N)cc2)cc1OC. The Labute approximate surface area is 219 Å². The summed E-state index contributed by atoms with van der Waals surface area (Å²) in [6.07, 6.45) is 3.62. The minimum absolute atomic E-state index is 0.161. The van der Waals surface area contributed by atoms with E-state index in [9.17, 15) is 10.4 Å². The van der Waals surface area contributed by atoms with Gasteiger partial charge < -0.3 is 19.3 Å². The highest BCUT2D eigenvalue weighted by Gasteiger charge is 2.39. The third-order valence-electron chi connectivity index (χ3n) is 7.43. The first-order valence-corrected chi connectivity index (χ1v) is 13.0. The third kappa shape index (κ3) is 6.72. The number of hydrogen-bond acceptors (Lipinski definition) is 8. The minimum Gasteiger partial charge on any atom is -0.493 e. The molecule has 3 unspecified atom stereocenters. The Morgan fingerprint density at radius 1 is 1.00 bits per heavy atom. The van der Waals surface area contributed by atoms with Crippen LogP contribution >= 0.6 is 0 Å². The van der Waals surface area contributed by atoms with Crippen LogP contribution < -0.4 is 14.2 Å². The minimum atomic E-state index is -0.571. The summed E-state index contributed by atoms with van der Waals surface area (Å²) in [6, 6.07) is 18.4. The lowest BCUT2D eigenvalue weighted by atomic mass is 10.0. The van der Waals surface area contributed by atoms with E-state index in [0.29, 0.717) is 41.4 Å². The van der Waals surface area contributed by atoms with Crippen LogP contribution in [-0.4, -0.2) is 73.5 Å². The van der Waals surface area contributed by atoms with Crippen LogP contribution in [0.3, 0.4) is 0 Å². The van der Waals surface area contributed by atoms with Crippen LogP contribution in [0.4, 0.5) is 0 Å². The molecular weight excluding hydrogens is 468 g/mol. The van der Waals surface area contributed by atoms with Gasteiger partial charge in [0.25, 0.3) is 0 Å². The van der Waals surface area contributed by atoms with Gasteiger partial charge in [-0.1, -0.05) is 12.1 Å². The number of nitriles is 2. The van der Waals surface area contributed by atoms with Crippen LogP contribution in [0.25, 0.3) is 0 Å². The zero-order chi connectivity index (χ0) is 26.2. The van der Waals surface area contributed by atoms with Crippen molar-refractivity contribution in [1.82, 2.24) is 9.80 Å². The van der Waals surface area contributed by atoms with E-state index in [-0.39, 0.29) is 12.5 Å². The van der Waals surface area contributed by atoms with Crippen molar-refractivity contribution in [2.24, 2.45) is 0 Å². The number of fused-ring (bicyclic) bond motifs is 2. The summed E-state index contributed by atoms with van der Waals surface area (Å²) in [5.41, 5.74) is 1.66. The van der Waals surface area contributed by atoms with Crippen molar-refractivity contribution in [2.45, 2.75) is 56.4 Å². The Kier molecular flexibility index (Phi) is 9.24. The van der Waals surface area contributed by atoms with Gasteiger partial charge in [0.2, 0.25) is 0 Å². The number of β-amino-alcohol motifs (C(OH)–C–C–N with tert-alkyl or cyclic N) is 1. The Hall–Kier alpha value is -3.30. The van der Waals surface area contributed by atoms with Gasteiger partial charge in [-0.15, -0.1) is 0 Å². The van der Waals surface area contributed by atoms with Crippen LogP contribution in [0.5, 0.6) is 17.2 Å². The van der Waals surface area contributed by atoms with Crippen LogP contribution in [-0.2, 0) is 0 Å². The maximum Gasteiger partial charge on any atom is 0.164 e. The largest absolute Gasteiger partial charge is 0.493 e. The number of methoxy groups -OCH3 is 2. The average molecular weight is 505 g/mol. The Morgan fingerprint density at radius 3 is 2.32 bits per heavy atom. The molecular formula is C29H36N4O4. The summed E-state index contributed by atoms with van der Waals surface area (Å²) in [6.45, 7) is 3.46. The van der Waals surface area contributed by atoms with Crippen molar-refractivity contribution in [2.75, 3.05) is 40.4 Å². The number of aliphatic hydroxyl groups is 1. The molecule has 1 N–H and O–H groups in total. The molecule has 4 atom stereocenters. The molecule has 2 aromatic rings. The summed E-state index contributed by atoms with van der Waals surface area (Å²) in [5.74, 6) is 1.98. The van der Waals surface area contributed by atoms with Crippen LogP contribution in [0.1, 0.15) is 49.3 Å². The van der Waals surface area contributed by atoms with Gasteiger partial charge in [-0.2, -0.15) is 10.5 Å². The maximum absolute atomic E-state index is 10.1. The molecule has 196 valence electrons. The lowest BCUT2D eigenvalue weighted by molar-refractivity contribution is 0.0333.